The zero-order valence-electron chi connectivity index (χ0n) is 10.6. The Morgan fingerprint density at radius 3 is 2.00 bits per heavy atom. The number of amides is 2. The van der Waals surface area contributed by atoms with Crippen LogP contribution in [0.5, 0.6) is 0 Å². The van der Waals surface area contributed by atoms with E-state index >= 15 is 0 Å². The third-order valence-electron chi connectivity index (χ3n) is 4.11. The summed E-state index contributed by atoms with van der Waals surface area (Å²) in [5.41, 5.74) is -0.0915. The summed E-state index contributed by atoms with van der Waals surface area (Å²) in [4.78, 5) is 26.1. The van der Waals surface area contributed by atoms with Crippen molar-refractivity contribution in [2.45, 2.75) is 37.6 Å². The molecule has 1 aromatic carbocycles. The fraction of sp³-hybridized carbons (Fsp3) is 0.400. The standard InChI is InChI=1S/C15H14N2O2/c16-10-15(8-4-1-5-9-15)17-13(18)11-6-2-3-7-12(11)14(17)19/h2-3,6-7H,1,4-5,8-9H2. The quantitative estimate of drug-likeness (QED) is 0.723. The number of carbonyl (C=O) groups is 2. The Balaban J connectivity index is 2.06. The van der Waals surface area contributed by atoms with Gasteiger partial charge in [0.2, 0.25) is 0 Å². The maximum Gasteiger partial charge on any atom is 0.262 e. The molecule has 1 aliphatic heterocycles. The monoisotopic (exact) mass is 254 g/mol. The Bertz CT molecular complexity index is 559. The van der Waals surface area contributed by atoms with E-state index in [2.05, 4.69) is 6.07 Å². The van der Waals surface area contributed by atoms with Gasteiger partial charge in [-0.3, -0.25) is 14.5 Å². The molecule has 19 heavy (non-hydrogen) atoms. The molecule has 1 aromatic rings. The summed E-state index contributed by atoms with van der Waals surface area (Å²) in [6.07, 6.45) is 4.03. The molecule has 0 radical (unpaired) electrons. The second-order valence-corrected chi connectivity index (χ2v) is 5.20. The van der Waals surface area contributed by atoms with Crippen LogP contribution < -0.4 is 0 Å². The topological polar surface area (TPSA) is 61.2 Å². The highest BCUT2D eigenvalue weighted by Crippen LogP contribution is 2.38. The number of nitrogens with zero attached hydrogens (tertiary/aromatic N) is 2. The highest BCUT2D eigenvalue weighted by atomic mass is 16.2. The second-order valence-electron chi connectivity index (χ2n) is 5.20. The van der Waals surface area contributed by atoms with E-state index in [-0.39, 0.29) is 11.8 Å². The maximum absolute atomic E-state index is 12.4. The third kappa shape index (κ3) is 1.58. The van der Waals surface area contributed by atoms with Crippen LogP contribution in [0.1, 0.15) is 52.8 Å². The molecule has 0 unspecified atom stereocenters. The first kappa shape index (κ1) is 11.9. The van der Waals surface area contributed by atoms with Crippen LogP contribution in [0.2, 0.25) is 0 Å². The van der Waals surface area contributed by atoms with Gasteiger partial charge in [0.1, 0.15) is 5.54 Å². The summed E-state index contributed by atoms with van der Waals surface area (Å²) in [6.45, 7) is 0. The van der Waals surface area contributed by atoms with Gasteiger partial charge in [-0.25, -0.2) is 0 Å². The Morgan fingerprint density at radius 1 is 1.00 bits per heavy atom. The van der Waals surface area contributed by atoms with E-state index < -0.39 is 5.54 Å². The van der Waals surface area contributed by atoms with Gasteiger partial charge in [-0.05, 0) is 25.0 Å². The third-order valence-corrected chi connectivity index (χ3v) is 4.11. The highest BCUT2D eigenvalue weighted by Gasteiger charge is 2.49. The number of rotatable bonds is 1. The molecule has 0 saturated heterocycles. The lowest BCUT2D eigenvalue weighted by molar-refractivity contribution is 0.0448. The highest BCUT2D eigenvalue weighted by molar-refractivity contribution is 6.22. The van der Waals surface area contributed by atoms with Crippen molar-refractivity contribution < 1.29 is 9.59 Å². The van der Waals surface area contributed by atoms with Crippen molar-refractivity contribution in [1.29, 1.82) is 5.26 Å². The van der Waals surface area contributed by atoms with E-state index in [1.807, 2.05) is 0 Å². The van der Waals surface area contributed by atoms with Crippen molar-refractivity contribution in [2.24, 2.45) is 0 Å². The number of imide groups is 1. The van der Waals surface area contributed by atoms with E-state index in [4.69, 9.17) is 0 Å². The van der Waals surface area contributed by atoms with Crippen molar-refractivity contribution in [2.75, 3.05) is 0 Å². The van der Waals surface area contributed by atoms with Gasteiger partial charge >= 0.3 is 0 Å². The SMILES string of the molecule is N#CC1(N2C(=O)c3ccccc3C2=O)CCCCC1. The maximum atomic E-state index is 12.4. The van der Waals surface area contributed by atoms with Gasteiger partial charge in [0.15, 0.2) is 0 Å². The largest absolute Gasteiger partial charge is 0.269 e. The molecule has 3 rings (SSSR count). The zero-order chi connectivity index (χ0) is 13.5. The van der Waals surface area contributed by atoms with Gasteiger partial charge in [0.25, 0.3) is 11.8 Å². The molecule has 1 saturated carbocycles. The molecule has 0 N–H and O–H groups in total. The molecule has 2 amide bonds. The van der Waals surface area contributed by atoms with E-state index in [1.54, 1.807) is 24.3 Å². The fourth-order valence-electron chi connectivity index (χ4n) is 3.10. The van der Waals surface area contributed by atoms with E-state index in [1.165, 1.54) is 4.90 Å². The molecule has 0 bridgehead atoms. The molecule has 1 fully saturated rings. The number of benzene rings is 1. The van der Waals surface area contributed by atoms with Crippen molar-refractivity contribution in [3.05, 3.63) is 35.4 Å². The summed E-state index contributed by atoms with van der Waals surface area (Å²) in [7, 11) is 0. The molecule has 1 heterocycles. The Labute approximate surface area is 111 Å². The lowest BCUT2D eigenvalue weighted by atomic mass is 9.81. The van der Waals surface area contributed by atoms with Gasteiger partial charge in [-0.2, -0.15) is 5.26 Å². The summed E-state index contributed by atoms with van der Waals surface area (Å²) in [5, 5.41) is 9.52. The van der Waals surface area contributed by atoms with E-state index in [0.29, 0.717) is 24.0 Å². The fourth-order valence-corrected chi connectivity index (χ4v) is 3.10. The van der Waals surface area contributed by atoms with Gasteiger partial charge in [-0.1, -0.05) is 31.4 Å². The first-order valence-electron chi connectivity index (χ1n) is 6.59. The minimum atomic E-state index is -0.939. The number of hydrogen-bond donors (Lipinski definition) is 0. The molecule has 2 aliphatic rings. The lowest BCUT2D eigenvalue weighted by Crippen LogP contribution is -2.52. The predicted octanol–water partition coefficient (Wildman–Crippen LogP) is 2.51. The smallest absolute Gasteiger partial charge is 0.262 e. The summed E-state index contributed by atoms with van der Waals surface area (Å²) >= 11 is 0. The summed E-state index contributed by atoms with van der Waals surface area (Å²) in [5.74, 6) is -0.631. The van der Waals surface area contributed by atoms with Crippen molar-refractivity contribution in [1.82, 2.24) is 4.90 Å². The first-order valence-corrected chi connectivity index (χ1v) is 6.59. The average molecular weight is 254 g/mol. The number of fused-ring (bicyclic) bond motifs is 1. The van der Waals surface area contributed by atoms with Crippen LogP contribution in [0.3, 0.4) is 0 Å². The van der Waals surface area contributed by atoms with Crippen LogP contribution in [0.4, 0.5) is 0 Å². The van der Waals surface area contributed by atoms with Gasteiger partial charge in [0.05, 0.1) is 17.2 Å². The zero-order valence-corrected chi connectivity index (χ0v) is 10.6. The van der Waals surface area contributed by atoms with Crippen LogP contribution >= 0.6 is 0 Å². The van der Waals surface area contributed by atoms with Crippen molar-refractivity contribution >= 4 is 11.8 Å². The van der Waals surface area contributed by atoms with Crippen LogP contribution in [-0.2, 0) is 0 Å². The van der Waals surface area contributed by atoms with Gasteiger partial charge < -0.3 is 0 Å². The molecule has 4 nitrogen and oxygen atoms in total. The molecule has 0 spiro atoms. The van der Waals surface area contributed by atoms with Crippen LogP contribution in [0.25, 0.3) is 0 Å². The molecule has 0 atom stereocenters. The Kier molecular flexibility index (Phi) is 2.63. The van der Waals surface area contributed by atoms with Crippen molar-refractivity contribution in [3.63, 3.8) is 0 Å². The summed E-state index contributed by atoms with van der Waals surface area (Å²) < 4.78 is 0. The first-order chi connectivity index (χ1) is 9.19. The van der Waals surface area contributed by atoms with E-state index in [0.717, 1.165) is 19.3 Å². The minimum Gasteiger partial charge on any atom is -0.269 e. The van der Waals surface area contributed by atoms with Crippen molar-refractivity contribution in [3.8, 4) is 6.07 Å². The minimum absolute atomic E-state index is 0.316. The van der Waals surface area contributed by atoms with Gasteiger partial charge in [-0.15, -0.1) is 0 Å². The van der Waals surface area contributed by atoms with Crippen LogP contribution in [-0.4, -0.2) is 22.3 Å². The molecule has 0 aromatic heterocycles. The Morgan fingerprint density at radius 2 is 1.53 bits per heavy atom. The van der Waals surface area contributed by atoms with Gasteiger partial charge in [0, 0.05) is 0 Å². The molecular formula is C15H14N2O2. The number of nitriles is 1. The molecule has 4 heteroatoms. The Hall–Kier alpha value is -2.15. The van der Waals surface area contributed by atoms with E-state index in [9.17, 15) is 14.9 Å². The normalized spacial score (nSPS) is 21.1. The predicted molar refractivity (Wildman–Crippen MR) is 68.4 cm³/mol. The molecule has 96 valence electrons. The number of hydrogen-bond acceptors (Lipinski definition) is 3. The molecule has 1 aliphatic carbocycles. The van der Waals surface area contributed by atoms with Crippen LogP contribution in [0, 0.1) is 11.3 Å². The second kappa shape index (κ2) is 4.20. The lowest BCUT2D eigenvalue weighted by Gasteiger charge is -2.37. The average Bonchev–Trinajstić information content (AvgIpc) is 2.73. The number of carbonyl (C=O) groups excluding carboxylic acids is 2. The summed E-state index contributed by atoms with van der Waals surface area (Å²) in [6, 6.07) is 9.04. The molecular weight excluding hydrogens is 240 g/mol. The van der Waals surface area contributed by atoms with Crippen LogP contribution in [0.15, 0.2) is 24.3 Å².